The van der Waals surface area contributed by atoms with Gasteiger partial charge in [0.2, 0.25) is 15.9 Å². The molecule has 0 spiro atoms. The molecule has 1 aliphatic rings. The minimum Gasteiger partial charge on any atom is -0.497 e. The number of nitrogens with zero attached hydrogens (tertiary/aromatic N) is 3. The summed E-state index contributed by atoms with van der Waals surface area (Å²) < 4.78 is 29.7. The predicted octanol–water partition coefficient (Wildman–Crippen LogP) is 0.522. The SMILES string of the molecule is CCn1c(O)c(C2=c3cc(OC)ccc3=NC2=O)sc1=Nc1ccc(S(N)(=O)=O)cc1. The molecule has 11 heteroatoms. The molecule has 0 aliphatic carbocycles. The lowest BCUT2D eigenvalue weighted by molar-refractivity contribution is -0.112. The van der Waals surface area contributed by atoms with Gasteiger partial charge in [-0.05, 0) is 49.4 Å². The Kier molecular flexibility index (Phi) is 5.25. The highest BCUT2D eigenvalue weighted by Gasteiger charge is 2.25. The van der Waals surface area contributed by atoms with Gasteiger partial charge >= 0.3 is 0 Å². The molecule has 1 aliphatic heterocycles. The van der Waals surface area contributed by atoms with Crippen LogP contribution >= 0.6 is 11.3 Å². The fraction of sp³-hybridized carbons (Fsp3) is 0.150. The Morgan fingerprint density at radius 1 is 1.23 bits per heavy atom. The highest BCUT2D eigenvalue weighted by molar-refractivity contribution is 7.89. The van der Waals surface area contributed by atoms with Crippen molar-refractivity contribution in [2.75, 3.05) is 7.11 Å². The second kappa shape index (κ2) is 7.76. The first kappa shape index (κ1) is 21.0. The van der Waals surface area contributed by atoms with Crippen LogP contribution in [0.15, 0.2) is 57.3 Å². The minimum atomic E-state index is -3.81. The van der Waals surface area contributed by atoms with E-state index in [9.17, 15) is 18.3 Å². The number of aromatic hydroxyl groups is 1. The third-order valence-corrected chi connectivity index (χ3v) is 6.74. The third-order valence-electron chi connectivity index (χ3n) is 4.73. The number of rotatable bonds is 5. The molecule has 0 atom stereocenters. The van der Waals surface area contributed by atoms with Gasteiger partial charge in [-0.2, -0.15) is 0 Å². The molecule has 3 aromatic rings. The summed E-state index contributed by atoms with van der Waals surface area (Å²) in [7, 11) is -2.28. The Labute approximate surface area is 181 Å². The van der Waals surface area contributed by atoms with E-state index in [0.717, 1.165) is 11.3 Å². The highest BCUT2D eigenvalue weighted by atomic mass is 32.2. The summed E-state index contributed by atoms with van der Waals surface area (Å²) in [5, 5.41) is 17.1. The predicted molar refractivity (Wildman–Crippen MR) is 114 cm³/mol. The van der Waals surface area contributed by atoms with E-state index in [-0.39, 0.29) is 16.3 Å². The maximum absolute atomic E-state index is 12.6. The molecule has 3 N–H and O–H groups in total. The molecule has 0 saturated heterocycles. The number of fused-ring (bicyclic) bond motifs is 1. The van der Waals surface area contributed by atoms with Crippen molar-refractivity contribution in [2.45, 2.75) is 18.4 Å². The van der Waals surface area contributed by atoms with Gasteiger partial charge in [0.15, 0.2) is 4.80 Å². The highest BCUT2D eigenvalue weighted by Crippen LogP contribution is 2.29. The van der Waals surface area contributed by atoms with Crippen LogP contribution in [0.5, 0.6) is 11.6 Å². The quantitative estimate of drug-likeness (QED) is 0.574. The van der Waals surface area contributed by atoms with Gasteiger partial charge in [0.1, 0.15) is 10.6 Å². The van der Waals surface area contributed by atoms with Crippen molar-refractivity contribution in [3.8, 4) is 11.6 Å². The number of carbonyl (C=O) groups is 1. The van der Waals surface area contributed by atoms with Crippen molar-refractivity contribution in [3.05, 3.63) is 62.7 Å². The van der Waals surface area contributed by atoms with Crippen molar-refractivity contribution in [1.29, 1.82) is 0 Å². The molecule has 0 saturated carbocycles. The summed E-state index contributed by atoms with van der Waals surface area (Å²) in [4.78, 5) is 22.0. The van der Waals surface area contributed by atoms with Crippen LogP contribution in [-0.2, 0) is 21.4 Å². The van der Waals surface area contributed by atoms with E-state index in [1.165, 1.54) is 31.4 Å². The van der Waals surface area contributed by atoms with E-state index in [4.69, 9.17) is 9.88 Å². The van der Waals surface area contributed by atoms with Crippen molar-refractivity contribution in [1.82, 2.24) is 4.57 Å². The van der Waals surface area contributed by atoms with Crippen LogP contribution in [0.1, 0.15) is 11.8 Å². The zero-order valence-electron chi connectivity index (χ0n) is 16.6. The number of benzene rings is 2. The Balaban J connectivity index is 1.91. The number of hydrogen-bond acceptors (Lipinski definition) is 7. The maximum Gasteiger partial charge on any atom is 0.279 e. The maximum atomic E-state index is 12.6. The van der Waals surface area contributed by atoms with Gasteiger partial charge < -0.3 is 9.84 Å². The van der Waals surface area contributed by atoms with Crippen LogP contribution in [0.2, 0.25) is 0 Å². The van der Waals surface area contributed by atoms with Gasteiger partial charge in [-0.15, -0.1) is 0 Å². The number of primary sulfonamides is 1. The largest absolute Gasteiger partial charge is 0.497 e. The molecule has 0 bridgehead atoms. The Morgan fingerprint density at radius 3 is 2.55 bits per heavy atom. The summed E-state index contributed by atoms with van der Waals surface area (Å²) in [6, 6.07) is 10.8. The van der Waals surface area contributed by atoms with E-state index in [1.54, 1.807) is 22.8 Å². The van der Waals surface area contributed by atoms with Crippen molar-refractivity contribution >= 4 is 38.5 Å². The van der Waals surface area contributed by atoms with E-state index in [2.05, 4.69) is 9.98 Å². The fourth-order valence-electron chi connectivity index (χ4n) is 3.20. The molecule has 4 rings (SSSR count). The molecule has 1 aromatic heterocycles. The van der Waals surface area contributed by atoms with Gasteiger partial charge in [-0.25, -0.2) is 23.5 Å². The molecular formula is C20H18N4O5S2. The van der Waals surface area contributed by atoms with Crippen LogP contribution < -0.4 is 25.3 Å². The first-order valence-electron chi connectivity index (χ1n) is 9.15. The topological polar surface area (TPSA) is 136 Å². The van der Waals surface area contributed by atoms with Crippen molar-refractivity contribution in [3.63, 3.8) is 0 Å². The zero-order chi connectivity index (χ0) is 22.3. The van der Waals surface area contributed by atoms with Gasteiger partial charge in [-0.3, -0.25) is 9.36 Å². The number of methoxy groups -OCH3 is 1. The normalized spacial score (nSPS) is 14.0. The molecule has 0 unspecified atom stereocenters. The van der Waals surface area contributed by atoms with E-state index in [1.807, 2.05) is 6.92 Å². The molecule has 31 heavy (non-hydrogen) atoms. The smallest absolute Gasteiger partial charge is 0.279 e. The van der Waals surface area contributed by atoms with Crippen molar-refractivity contribution < 1.29 is 23.1 Å². The molecule has 0 fully saturated rings. The van der Waals surface area contributed by atoms with Crippen molar-refractivity contribution in [2.24, 2.45) is 15.1 Å². The number of ether oxygens (including phenoxy) is 1. The van der Waals surface area contributed by atoms with E-state index < -0.39 is 15.9 Å². The van der Waals surface area contributed by atoms with Crippen LogP contribution in [0.3, 0.4) is 0 Å². The lowest BCUT2D eigenvalue weighted by atomic mass is 10.1. The standard InChI is InChI=1S/C20H18N4O5S2/c1-3-24-19(26)17(16-14-10-12(29-2)6-9-15(14)23-18(16)25)30-20(24)22-11-4-7-13(8-5-11)31(21,27)28/h4-10,26H,3H2,1-2H3,(H2,21,27,28). The second-order valence-corrected chi connectivity index (χ2v) is 9.15. The Morgan fingerprint density at radius 2 is 1.94 bits per heavy atom. The first-order chi connectivity index (χ1) is 14.7. The number of aromatic nitrogens is 1. The zero-order valence-corrected chi connectivity index (χ0v) is 18.2. The second-order valence-electron chi connectivity index (χ2n) is 6.61. The van der Waals surface area contributed by atoms with Crippen LogP contribution in [0, 0.1) is 0 Å². The number of hydrogen-bond donors (Lipinski definition) is 2. The lowest BCUT2D eigenvalue weighted by Gasteiger charge is -2.02. The number of amides is 1. The van der Waals surface area contributed by atoms with Gasteiger partial charge in [0.05, 0.1) is 28.6 Å². The molecule has 2 heterocycles. The molecule has 160 valence electrons. The van der Waals surface area contributed by atoms with Crippen LogP contribution in [-0.4, -0.2) is 31.1 Å². The van der Waals surface area contributed by atoms with Crippen LogP contribution in [0.4, 0.5) is 5.69 Å². The molecular weight excluding hydrogens is 440 g/mol. The summed E-state index contributed by atoms with van der Waals surface area (Å²) in [5.74, 6) is 0.0224. The first-order valence-corrected chi connectivity index (χ1v) is 11.5. The summed E-state index contributed by atoms with van der Waals surface area (Å²) in [5.41, 5.74) is 0.751. The average molecular weight is 459 g/mol. The van der Waals surface area contributed by atoms with Crippen LogP contribution in [0.25, 0.3) is 5.57 Å². The number of nitrogens with two attached hydrogens (primary N) is 1. The Hall–Kier alpha value is -3.28. The minimum absolute atomic E-state index is 0.0243. The Bertz CT molecular complexity index is 1500. The fourth-order valence-corrected chi connectivity index (χ4v) is 4.87. The lowest BCUT2D eigenvalue weighted by Crippen LogP contribution is -2.23. The number of sulfonamides is 1. The van der Waals surface area contributed by atoms with E-state index in [0.29, 0.717) is 38.2 Å². The summed E-state index contributed by atoms with van der Waals surface area (Å²) in [6.07, 6.45) is 0. The molecule has 1 amide bonds. The van der Waals surface area contributed by atoms with Gasteiger partial charge in [0.25, 0.3) is 5.91 Å². The summed E-state index contributed by atoms with van der Waals surface area (Å²) >= 11 is 1.14. The average Bonchev–Trinajstić information content (AvgIpc) is 3.21. The van der Waals surface area contributed by atoms with E-state index >= 15 is 0 Å². The number of thiazole rings is 1. The monoisotopic (exact) mass is 458 g/mol. The van der Waals surface area contributed by atoms with Gasteiger partial charge in [0, 0.05) is 11.8 Å². The molecule has 0 radical (unpaired) electrons. The molecule has 2 aromatic carbocycles. The third kappa shape index (κ3) is 3.78. The molecule has 9 nitrogen and oxygen atoms in total. The number of carbonyl (C=O) groups excluding carboxylic acids is 1. The summed E-state index contributed by atoms with van der Waals surface area (Å²) in [6.45, 7) is 2.24. The van der Waals surface area contributed by atoms with Gasteiger partial charge in [-0.1, -0.05) is 11.3 Å².